The Morgan fingerprint density at radius 1 is 0.909 bits per heavy atom. The summed E-state index contributed by atoms with van der Waals surface area (Å²) in [4.78, 5) is 31.2. The molecule has 0 bridgehead atoms. The van der Waals surface area contributed by atoms with Gasteiger partial charge in [-0.05, 0) is 101 Å². The number of rotatable bonds is 6. The summed E-state index contributed by atoms with van der Waals surface area (Å²) in [5, 5.41) is 31.0. The number of aromatic hydroxyl groups is 1. The Morgan fingerprint density at radius 3 is 2.25 bits per heavy atom. The van der Waals surface area contributed by atoms with Crippen LogP contribution in [0.25, 0.3) is 22.4 Å². The molecule has 8 nitrogen and oxygen atoms in total. The maximum absolute atomic E-state index is 13.5. The molecule has 0 saturated carbocycles. The number of nitriles is 1. The Bertz CT molecular complexity index is 1760. The molecule has 0 aliphatic carbocycles. The predicted molar refractivity (Wildman–Crippen MR) is 173 cm³/mol. The van der Waals surface area contributed by atoms with E-state index in [1.54, 1.807) is 72.8 Å². The van der Waals surface area contributed by atoms with Crippen LogP contribution in [-0.4, -0.2) is 39.0 Å². The molecular formula is C35H34ClN5O3. The second-order valence-corrected chi connectivity index (χ2v) is 12.9. The number of hydrogen-bond donors (Lipinski definition) is 4. The summed E-state index contributed by atoms with van der Waals surface area (Å²) in [6.45, 7) is 8.52. The molecule has 5 rings (SSSR count). The number of benzene rings is 3. The average Bonchev–Trinajstić information content (AvgIpc) is 2.95. The monoisotopic (exact) mass is 607 g/mol. The first-order valence-electron chi connectivity index (χ1n) is 14.4. The number of carbonyl (C=O) groups is 2. The SMILES string of the molecule is CC1(C)CC(NC(=O)c2cccc(-c3cc(-c4ccccc4O)nc(NC(=O)c4ccc(Cl)cc4)c3C#N)c2)CC(C)(C)N1. The van der Waals surface area contributed by atoms with Gasteiger partial charge in [-0.3, -0.25) is 9.59 Å². The highest BCUT2D eigenvalue weighted by molar-refractivity contribution is 6.30. The molecule has 2 amide bonds. The third-order valence-corrected chi connectivity index (χ3v) is 7.86. The quantitative estimate of drug-likeness (QED) is 0.188. The lowest BCUT2D eigenvalue weighted by Gasteiger charge is -2.46. The van der Waals surface area contributed by atoms with E-state index in [1.165, 1.54) is 6.07 Å². The summed E-state index contributed by atoms with van der Waals surface area (Å²) in [6.07, 6.45) is 1.57. The number of phenols is 1. The highest BCUT2D eigenvalue weighted by Crippen LogP contribution is 2.36. The molecule has 1 saturated heterocycles. The largest absolute Gasteiger partial charge is 0.507 e. The van der Waals surface area contributed by atoms with E-state index < -0.39 is 5.91 Å². The summed E-state index contributed by atoms with van der Waals surface area (Å²) in [5.41, 5.74) is 2.42. The van der Waals surface area contributed by atoms with Crippen molar-refractivity contribution in [2.24, 2.45) is 0 Å². The number of amides is 2. The molecule has 1 aromatic heterocycles. The number of pyridine rings is 1. The van der Waals surface area contributed by atoms with Crippen LogP contribution in [0.5, 0.6) is 5.75 Å². The van der Waals surface area contributed by atoms with E-state index in [0.29, 0.717) is 38.5 Å². The molecule has 1 aliphatic rings. The molecule has 2 heterocycles. The molecule has 3 aromatic carbocycles. The fourth-order valence-corrected chi connectivity index (χ4v) is 6.23. The standard InChI is InChI=1S/C35H34ClN5O3/c1-34(2)18-25(19-35(3,4)41-34)38-33(44)23-9-7-8-22(16-23)27-17-29(26-10-5-6-11-30(26)42)39-31(28(27)20-37)40-32(43)21-12-14-24(36)15-13-21/h5-17,25,41-42H,18-19H2,1-4H3,(H,38,44)(H,39,40,43). The minimum atomic E-state index is -0.480. The molecule has 1 aliphatic heterocycles. The highest BCUT2D eigenvalue weighted by Gasteiger charge is 2.38. The van der Waals surface area contributed by atoms with Crippen molar-refractivity contribution in [3.63, 3.8) is 0 Å². The first kappa shape index (κ1) is 30.7. The van der Waals surface area contributed by atoms with Gasteiger partial charge in [0.05, 0.1) is 5.69 Å². The highest BCUT2D eigenvalue weighted by atomic mass is 35.5. The van der Waals surface area contributed by atoms with Gasteiger partial charge in [0, 0.05) is 44.4 Å². The molecule has 0 spiro atoms. The van der Waals surface area contributed by atoms with E-state index in [1.807, 2.05) is 0 Å². The summed E-state index contributed by atoms with van der Waals surface area (Å²) in [7, 11) is 0. The van der Waals surface area contributed by atoms with Crippen LogP contribution in [0.2, 0.25) is 5.02 Å². The van der Waals surface area contributed by atoms with Crippen molar-refractivity contribution < 1.29 is 14.7 Å². The molecule has 0 atom stereocenters. The zero-order valence-electron chi connectivity index (χ0n) is 25.0. The van der Waals surface area contributed by atoms with E-state index in [2.05, 4.69) is 54.7 Å². The number of piperidine rings is 1. The number of anilines is 1. The van der Waals surface area contributed by atoms with Crippen molar-refractivity contribution in [2.75, 3.05) is 5.32 Å². The normalized spacial score (nSPS) is 15.6. The molecule has 9 heteroatoms. The van der Waals surface area contributed by atoms with Gasteiger partial charge in [-0.1, -0.05) is 35.9 Å². The minimum absolute atomic E-state index is 0.00779. The number of carbonyl (C=O) groups excluding carboxylic acids is 2. The summed E-state index contributed by atoms with van der Waals surface area (Å²) in [6, 6.07) is 23.9. The Kier molecular flexibility index (Phi) is 8.46. The van der Waals surface area contributed by atoms with Gasteiger partial charge in [0.25, 0.3) is 11.8 Å². The van der Waals surface area contributed by atoms with Crippen molar-refractivity contribution in [2.45, 2.75) is 57.7 Å². The Labute approximate surface area is 262 Å². The van der Waals surface area contributed by atoms with Crippen LogP contribution in [0.15, 0.2) is 78.9 Å². The van der Waals surface area contributed by atoms with Gasteiger partial charge in [-0.25, -0.2) is 4.98 Å². The van der Waals surface area contributed by atoms with Crippen molar-refractivity contribution in [1.82, 2.24) is 15.6 Å². The Balaban J connectivity index is 1.54. The van der Waals surface area contributed by atoms with E-state index in [-0.39, 0.29) is 40.2 Å². The summed E-state index contributed by atoms with van der Waals surface area (Å²) >= 11 is 5.99. The molecular weight excluding hydrogens is 574 g/mol. The van der Waals surface area contributed by atoms with Gasteiger partial charge in [0.1, 0.15) is 17.4 Å². The van der Waals surface area contributed by atoms with E-state index in [9.17, 15) is 20.0 Å². The van der Waals surface area contributed by atoms with Crippen LogP contribution < -0.4 is 16.0 Å². The maximum Gasteiger partial charge on any atom is 0.256 e. The van der Waals surface area contributed by atoms with E-state index in [0.717, 1.165) is 12.8 Å². The van der Waals surface area contributed by atoms with Crippen LogP contribution in [0.4, 0.5) is 5.82 Å². The summed E-state index contributed by atoms with van der Waals surface area (Å²) < 4.78 is 0. The predicted octanol–water partition coefficient (Wildman–Crippen LogP) is 6.94. The molecule has 0 radical (unpaired) electrons. The zero-order valence-corrected chi connectivity index (χ0v) is 25.8. The van der Waals surface area contributed by atoms with Crippen molar-refractivity contribution in [1.29, 1.82) is 5.26 Å². The van der Waals surface area contributed by atoms with Gasteiger partial charge in [0.2, 0.25) is 0 Å². The lowest BCUT2D eigenvalue weighted by Crippen LogP contribution is -2.62. The topological polar surface area (TPSA) is 127 Å². The van der Waals surface area contributed by atoms with Gasteiger partial charge in [-0.2, -0.15) is 5.26 Å². The van der Waals surface area contributed by atoms with Crippen LogP contribution in [0, 0.1) is 11.3 Å². The number of halogens is 1. The molecule has 1 fully saturated rings. The maximum atomic E-state index is 13.5. The third-order valence-electron chi connectivity index (χ3n) is 7.61. The fraction of sp³-hybridized carbons (Fsp3) is 0.257. The smallest absolute Gasteiger partial charge is 0.256 e. The minimum Gasteiger partial charge on any atom is -0.507 e. The van der Waals surface area contributed by atoms with Gasteiger partial charge >= 0.3 is 0 Å². The van der Waals surface area contributed by atoms with Gasteiger partial charge in [0.15, 0.2) is 5.82 Å². The van der Waals surface area contributed by atoms with Crippen molar-refractivity contribution in [3.8, 4) is 34.2 Å². The Hall–Kier alpha value is -4.71. The van der Waals surface area contributed by atoms with Crippen LogP contribution in [-0.2, 0) is 0 Å². The van der Waals surface area contributed by atoms with E-state index >= 15 is 0 Å². The van der Waals surface area contributed by atoms with Crippen LogP contribution >= 0.6 is 11.6 Å². The lowest BCUT2D eigenvalue weighted by atomic mass is 9.79. The third kappa shape index (κ3) is 6.91. The molecule has 0 unspecified atom stereocenters. The Morgan fingerprint density at radius 2 is 1.59 bits per heavy atom. The number of aromatic nitrogens is 1. The first-order valence-corrected chi connectivity index (χ1v) is 14.7. The van der Waals surface area contributed by atoms with Crippen LogP contribution in [0.3, 0.4) is 0 Å². The second kappa shape index (κ2) is 12.1. The summed E-state index contributed by atoms with van der Waals surface area (Å²) in [5.74, 6) is -0.675. The van der Waals surface area contributed by atoms with Crippen molar-refractivity contribution in [3.05, 3.63) is 101 Å². The molecule has 4 N–H and O–H groups in total. The van der Waals surface area contributed by atoms with Crippen molar-refractivity contribution >= 4 is 29.2 Å². The van der Waals surface area contributed by atoms with Gasteiger partial charge in [-0.15, -0.1) is 0 Å². The first-order chi connectivity index (χ1) is 20.8. The number of phenolic OH excluding ortho intramolecular Hbond substituents is 1. The number of nitrogens with zero attached hydrogens (tertiary/aromatic N) is 2. The van der Waals surface area contributed by atoms with Gasteiger partial charge < -0.3 is 21.1 Å². The average molecular weight is 608 g/mol. The molecule has 44 heavy (non-hydrogen) atoms. The fourth-order valence-electron chi connectivity index (χ4n) is 6.11. The lowest BCUT2D eigenvalue weighted by molar-refractivity contribution is 0.0872. The number of para-hydroxylation sites is 1. The van der Waals surface area contributed by atoms with Crippen LogP contribution in [0.1, 0.15) is 66.8 Å². The molecule has 224 valence electrons. The number of nitrogens with one attached hydrogen (secondary N) is 3. The second-order valence-electron chi connectivity index (χ2n) is 12.4. The molecule has 4 aromatic rings. The van der Waals surface area contributed by atoms with E-state index in [4.69, 9.17) is 11.6 Å². The zero-order chi connectivity index (χ0) is 31.6. The number of hydrogen-bond acceptors (Lipinski definition) is 6.